The normalized spacial score (nSPS) is 16.2. The molecule has 0 unspecified atom stereocenters. The number of carbonyl (C=O) groups is 1. The number of amides is 1. The quantitative estimate of drug-likeness (QED) is 0.607. The van der Waals surface area contributed by atoms with Gasteiger partial charge >= 0.3 is 6.18 Å². The summed E-state index contributed by atoms with van der Waals surface area (Å²) in [5.74, 6) is 0.0344. The van der Waals surface area contributed by atoms with E-state index in [0.29, 0.717) is 5.82 Å². The molecule has 0 aliphatic carbocycles. The second-order valence-corrected chi connectivity index (χ2v) is 9.87. The molecule has 176 valence electrons. The number of aryl methyl sites for hydroxylation is 1. The van der Waals surface area contributed by atoms with Crippen LogP contribution in [-0.4, -0.2) is 41.3 Å². The monoisotopic (exact) mass is 480 g/mol. The molecule has 1 aromatic heterocycles. The summed E-state index contributed by atoms with van der Waals surface area (Å²) in [4.78, 5) is 16.4. The van der Waals surface area contributed by atoms with Gasteiger partial charge in [0.05, 0.1) is 28.0 Å². The highest BCUT2D eigenvalue weighted by molar-refractivity contribution is 7.89. The topological polar surface area (TPSA) is 84.3 Å². The maximum atomic E-state index is 13.3. The van der Waals surface area contributed by atoms with Crippen LogP contribution >= 0.6 is 0 Å². The number of imidazole rings is 1. The van der Waals surface area contributed by atoms with Crippen molar-refractivity contribution in [1.82, 2.24) is 19.2 Å². The Morgan fingerprint density at radius 2 is 1.73 bits per heavy atom. The Kier molecular flexibility index (Phi) is 6.19. The Morgan fingerprint density at radius 1 is 1.09 bits per heavy atom. The molecule has 0 atom stereocenters. The van der Waals surface area contributed by atoms with Gasteiger partial charge in [-0.05, 0) is 37.1 Å². The molecule has 33 heavy (non-hydrogen) atoms. The van der Waals surface area contributed by atoms with Gasteiger partial charge in [0.1, 0.15) is 5.82 Å². The summed E-state index contributed by atoms with van der Waals surface area (Å²) in [6.45, 7) is 0.166. The lowest BCUT2D eigenvalue weighted by Gasteiger charge is -2.31. The number of benzene rings is 2. The predicted octanol–water partition coefficient (Wildman–Crippen LogP) is 3.31. The fraction of sp³-hybridized carbons (Fsp3) is 0.364. The van der Waals surface area contributed by atoms with Crippen LogP contribution in [0.1, 0.15) is 24.2 Å². The lowest BCUT2D eigenvalue weighted by atomic mass is 9.97. The van der Waals surface area contributed by atoms with E-state index < -0.39 is 32.6 Å². The molecule has 1 amide bonds. The highest BCUT2D eigenvalue weighted by Gasteiger charge is 2.40. The van der Waals surface area contributed by atoms with Crippen molar-refractivity contribution in [2.75, 3.05) is 13.1 Å². The molecule has 1 fully saturated rings. The lowest BCUT2D eigenvalue weighted by Crippen LogP contribution is -2.43. The molecule has 4 rings (SSSR count). The number of aromatic nitrogens is 2. The third kappa shape index (κ3) is 4.60. The molecule has 0 radical (unpaired) electrons. The van der Waals surface area contributed by atoms with Crippen molar-refractivity contribution in [2.24, 2.45) is 13.0 Å². The Bertz CT molecular complexity index is 1280. The number of hydrogen-bond acceptors (Lipinski definition) is 4. The average Bonchev–Trinajstić information content (AvgIpc) is 3.12. The van der Waals surface area contributed by atoms with Crippen molar-refractivity contribution in [1.29, 1.82) is 0 Å². The summed E-state index contributed by atoms with van der Waals surface area (Å²) in [7, 11) is -2.47. The van der Waals surface area contributed by atoms with E-state index in [2.05, 4.69) is 10.3 Å². The van der Waals surface area contributed by atoms with Crippen molar-refractivity contribution in [2.45, 2.75) is 30.5 Å². The van der Waals surface area contributed by atoms with Crippen LogP contribution in [0, 0.1) is 5.92 Å². The number of nitrogens with zero attached hydrogens (tertiary/aromatic N) is 3. The number of piperidine rings is 1. The van der Waals surface area contributed by atoms with Crippen molar-refractivity contribution in [3.8, 4) is 0 Å². The zero-order valence-electron chi connectivity index (χ0n) is 17.8. The van der Waals surface area contributed by atoms with Gasteiger partial charge in [-0.3, -0.25) is 4.79 Å². The highest BCUT2D eigenvalue weighted by Crippen LogP contribution is 2.36. The Hall–Kier alpha value is -2.92. The highest BCUT2D eigenvalue weighted by atomic mass is 32.2. The minimum Gasteiger partial charge on any atom is -0.349 e. The zero-order chi connectivity index (χ0) is 23.8. The molecule has 7 nitrogen and oxygen atoms in total. The molecule has 2 aromatic carbocycles. The van der Waals surface area contributed by atoms with Gasteiger partial charge in [0, 0.05) is 26.1 Å². The molecule has 1 N–H and O–H groups in total. The molecule has 0 bridgehead atoms. The third-order valence-corrected chi connectivity index (χ3v) is 7.89. The smallest absolute Gasteiger partial charge is 0.349 e. The standard InChI is InChI=1S/C22H23F3N4O3S/c1-28-18-8-4-3-7-17(18)27-20(28)14-26-21(30)15-10-12-29(13-11-15)33(31,32)19-9-5-2-6-16(19)22(23,24)25/h2-9,15H,10-14H2,1H3,(H,26,30). The first-order valence-electron chi connectivity index (χ1n) is 10.4. The van der Waals surface area contributed by atoms with Gasteiger partial charge in [-0.2, -0.15) is 17.5 Å². The van der Waals surface area contributed by atoms with Crippen LogP contribution in [0.5, 0.6) is 0 Å². The molecule has 1 aliphatic heterocycles. The maximum Gasteiger partial charge on any atom is 0.417 e. The van der Waals surface area contributed by atoms with Crippen LogP contribution in [0.2, 0.25) is 0 Å². The maximum absolute atomic E-state index is 13.3. The third-order valence-electron chi connectivity index (χ3n) is 5.94. The zero-order valence-corrected chi connectivity index (χ0v) is 18.7. The number of fused-ring (bicyclic) bond motifs is 1. The molecule has 1 saturated heterocycles. The van der Waals surface area contributed by atoms with Gasteiger partial charge in [-0.1, -0.05) is 24.3 Å². The van der Waals surface area contributed by atoms with Gasteiger partial charge in [0.2, 0.25) is 15.9 Å². The minimum atomic E-state index is -4.78. The number of alkyl halides is 3. The van der Waals surface area contributed by atoms with Crippen molar-refractivity contribution < 1.29 is 26.4 Å². The molecule has 0 spiro atoms. The molecule has 2 heterocycles. The van der Waals surface area contributed by atoms with E-state index in [1.165, 1.54) is 6.07 Å². The molecular formula is C22H23F3N4O3S. The van der Waals surface area contributed by atoms with E-state index in [1.54, 1.807) is 0 Å². The summed E-state index contributed by atoms with van der Waals surface area (Å²) >= 11 is 0. The van der Waals surface area contributed by atoms with Crippen LogP contribution in [0.25, 0.3) is 11.0 Å². The van der Waals surface area contributed by atoms with Gasteiger partial charge in [0.25, 0.3) is 0 Å². The van der Waals surface area contributed by atoms with E-state index in [-0.39, 0.29) is 38.4 Å². The summed E-state index contributed by atoms with van der Waals surface area (Å²) in [5.41, 5.74) is 0.577. The average molecular weight is 481 g/mol. The van der Waals surface area contributed by atoms with Crippen LogP contribution in [-0.2, 0) is 34.6 Å². The number of para-hydroxylation sites is 2. The van der Waals surface area contributed by atoms with Gasteiger partial charge in [0.15, 0.2) is 0 Å². The lowest BCUT2D eigenvalue weighted by molar-refractivity contribution is -0.139. The molecule has 1 aliphatic rings. The predicted molar refractivity (Wildman–Crippen MR) is 115 cm³/mol. The number of carbonyl (C=O) groups excluding carboxylic acids is 1. The van der Waals surface area contributed by atoms with E-state index >= 15 is 0 Å². The Labute approximate surface area is 189 Å². The SMILES string of the molecule is Cn1c(CNC(=O)C2CCN(S(=O)(=O)c3ccccc3C(F)(F)F)CC2)nc2ccccc21. The fourth-order valence-corrected chi connectivity index (χ4v) is 5.77. The van der Waals surface area contributed by atoms with Gasteiger partial charge < -0.3 is 9.88 Å². The summed E-state index contributed by atoms with van der Waals surface area (Å²) < 4.78 is 68.5. The summed E-state index contributed by atoms with van der Waals surface area (Å²) in [6.07, 6.45) is -4.33. The van der Waals surface area contributed by atoms with Crippen LogP contribution in [0.4, 0.5) is 13.2 Å². The fourth-order valence-electron chi connectivity index (χ4n) is 4.09. The van der Waals surface area contributed by atoms with Crippen LogP contribution < -0.4 is 5.32 Å². The van der Waals surface area contributed by atoms with Crippen LogP contribution in [0.15, 0.2) is 53.4 Å². The van der Waals surface area contributed by atoms with E-state index in [9.17, 15) is 26.4 Å². The van der Waals surface area contributed by atoms with Crippen LogP contribution in [0.3, 0.4) is 0 Å². The van der Waals surface area contributed by atoms with E-state index in [0.717, 1.165) is 33.5 Å². The molecular weight excluding hydrogens is 457 g/mol. The summed E-state index contributed by atoms with van der Waals surface area (Å²) in [5, 5.41) is 2.85. The second-order valence-electron chi connectivity index (χ2n) is 7.97. The van der Waals surface area contributed by atoms with Crippen molar-refractivity contribution in [3.05, 3.63) is 59.9 Å². The van der Waals surface area contributed by atoms with E-state index in [4.69, 9.17) is 0 Å². The molecule has 3 aromatic rings. The number of sulfonamides is 1. The molecule has 11 heteroatoms. The minimum absolute atomic E-state index is 0.0289. The van der Waals surface area contributed by atoms with E-state index in [1.807, 2.05) is 35.9 Å². The number of rotatable bonds is 5. The van der Waals surface area contributed by atoms with Gasteiger partial charge in [-0.15, -0.1) is 0 Å². The first kappa shape index (κ1) is 23.2. The first-order valence-corrected chi connectivity index (χ1v) is 11.9. The largest absolute Gasteiger partial charge is 0.417 e. The number of hydrogen-bond donors (Lipinski definition) is 1. The van der Waals surface area contributed by atoms with Crippen molar-refractivity contribution in [3.63, 3.8) is 0 Å². The Morgan fingerprint density at radius 3 is 2.39 bits per heavy atom. The first-order chi connectivity index (χ1) is 15.6. The summed E-state index contributed by atoms with van der Waals surface area (Å²) in [6, 6.07) is 11.7. The van der Waals surface area contributed by atoms with Crippen molar-refractivity contribution >= 4 is 27.0 Å². The number of halogens is 3. The van der Waals surface area contributed by atoms with Gasteiger partial charge in [-0.25, -0.2) is 13.4 Å². The number of nitrogens with one attached hydrogen (secondary N) is 1. The Balaban J connectivity index is 1.39. The molecule has 0 saturated carbocycles. The second kappa shape index (κ2) is 8.79.